The zero-order valence-corrected chi connectivity index (χ0v) is 22.6. The Kier molecular flexibility index (Phi) is 6.40. The van der Waals surface area contributed by atoms with Crippen LogP contribution < -0.4 is 16.0 Å². The van der Waals surface area contributed by atoms with Crippen molar-refractivity contribution in [2.45, 2.75) is 70.9 Å². The third-order valence-corrected chi connectivity index (χ3v) is 7.43. The number of rotatable bonds is 6. The Morgan fingerprint density at radius 2 is 1.81 bits per heavy atom. The largest absolute Gasteiger partial charge is 0.349 e. The highest BCUT2D eigenvalue weighted by molar-refractivity contribution is 5.99. The molecule has 1 amide bonds. The van der Waals surface area contributed by atoms with E-state index in [0.717, 1.165) is 42.9 Å². The minimum Gasteiger partial charge on any atom is -0.349 e. The van der Waals surface area contributed by atoms with Crippen LogP contribution >= 0.6 is 0 Å². The molecule has 0 unspecified atom stereocenters. The molecule has 0 saturated heterocycles. The van der Waals surface area contributed by atoms with E-state index in [2.05, 4.69) is 90.7 Å². The highest BCUT2D eigenvalue weighted by Crippen LogP contribution is 2.35. The fraction of sp³-hybridized carbons (Fsp3) is 0.448. The Bertz CT molecular complexity index is 1320. The number of amides is 1. The van der Waals surface area contributed by atoms with Gasteiger partial charge in [-0.15, -0.1) is 0 Å². The van der Waals surface area contributed by atoms with Crippen LogP contribution in [-0.4, -0.2) is 45.4 Å². The van der Waals surface area contributed by atoms with Crippen LogP contribution in [0.15, 0.2) is 42.7 Å². The minimum atomic E-state index is -0.165. The van der Waals surface area contributed by atoms with E-state index in [1.165, 1.54) is 11.1 Å². The lowest BCUT2D eigenvalue weighted by molar-refractivity contribution is 0.0951. The quantitative estimate of drug-likeness (QED) is 0.425. The Labute approximate surface area is 219 Å². The van der Waals surface area contributed by atoms with Gasteiger partial charge in [-0.05, 0) is 75.5 Å². The number of nitrogens with zero attached hydrogens (tertiary/aromatic N) is 4. The first-order valence-electron chi connectivity index (χ1n) is 13.0. The van der Waals surface area contributed by atoms with Gasteiger partial charge < -0.3 is 16.0 Å². The van der Waals surface area contributed by atoms with E-state index in [-0.39, 0.29) is 22.9 Å². The van der Waals surface area contributed by atoms with Crippen molar-refractivity contribution in [1.29, 1.82) is 0 Å². The number of hydrogen-bond acceptors (Lipinski definition) is 7. The number of hydrogen-bond donors (Lipinski definition) is 3. The molecule has 1 aliphatic heterocycles. The topological polar surface area (TPSA) is 95.1 Å². The average Bonchev–Trinajstić information content (AvgIpc) is 3.65. The molecule has 1 saturated carbocycles. The number of carbonyl (C=O) groups is 1. The van der Waals surface area contributed by atoms with Crippen molar-refractivity contribution in [1.82, 2.24) is 25.2 Å². The van der Waals surface area contributed by atoms with Gasteiger partial charge in [-0.25, -0.2) is 4.98 Å². The van der Waals surface area contributed by atoms with Crippen LogP contribution in [0.25, 0.3) is 0 Å². The van der Waals surface area contributed by atoms with Crippen molar-refractivity contribution in [3.8, 4) is 0 Å². The predicted molar refractivity (Wildman–Crippen MR) is 148 cm³/mol. The number of anilines is 4. The van der Waals surface area contributed by atoms with Crippen molar-refractivity contribution < 1.29 is 4.79 Å². The first-order chi connectivity index (χ1) is 17.5. The highest BCUT2D eigenvalue weighted by atomic mass is 16.1. The van der Waals surface area contributed by atoms with Gasteiger partial charge in [0.05, 0.1) is 0 Å². The van der Waals surface area contributed by atoms with Crippen LogP contribution in [0.2, 0.25) is 0 Å². The van der Waals surface area contributed by atoms with Gasteiger partial charge in [0.2, 0.25) is 5.95 Å². The summed E-state index contributed by atoms with van der Waals surface area (Å²) in [6, 6.07) is 10.6. The number of likely N-dealkylation sites (N-methyl/N-ethyl adjacent to an activating group) is 1. The lowest BCUT2D eigenvalue weighted by Crippen LogP contribution is -2.43. The van der Waals surface area contributed by atoms with E-state index in [0.29, 0.717) is 17.3 Å². The van der Waals surface area contributed by atoms with Crippen LogP contribution in [0.1, 0.15) is 74.6 Å². The van der Waals surface area contributed by atoms with E-state index in [1.807, 2.05) is 12.1 Å². The molecular formula is C29H37N7O. The Morgan fingerprint density at radius 3 is 2.54 bits per heavy atom. The molecule has 0 bridgehead atoms. The van der Waals surface area contributed by atoms with Gasteiger partial charge in [0.25, 0.3) is 5.91 Å². The lowest BCUT2D eigenvalue weighted by Gasteiger charge is -2.41. The summed E-state index contributed by atoms with van der Waals surface area (Å²) in [5.41, 5.74) is 5.70. The van der Waals surface area contributed by atoms with Crippen molar-refractivity contribution in [2.24, 2.45) is 0 Å². The van der Waals surface area contributed by atoms with Gasteiger partial charge in [-0.1, -0.05) is 26.8 Å². The average molecular weight is 500 g/mol. The fourth-order valence-electron chi connectivity index (χ4n) is 4.63. The van der Waals surface area contributed by atoms with Crippen molar-refractivity contribution in [2.75, 3.05) is 24.2 Å². The zero-order valence-electron chi connectivity index (χ0n) is 22.6. The number of aromatic nitrogens is 3. The number of benzene rings is 1. The Hall–Kier alpha value is -3.52. The molecule has 37 heavy (non-hydrogen) atoms. The molecule has 8 heteroatoms. The molecule has 8 nitrogen and oxygen atoms in total. The van der Waals surface area contributed by atoms with Crippen LogP contribution in [-0.2, 0) is 17.4 Å². The molecule has 5 rings (SSSR count). The number of fused-ring (bicyclic) bond motifs is 1. The maximum absolute atomic E-state index is 13.0. The molecule has 1 aromatic carbocycles. The molecule has 1 aliphatic carbocycles. The van der Waals surface area contributed by atoms with Gasteiger partial charge in [0.1, 0.15) is 11.4 Å². The summed E-state index contributed by atoms with van der Waals surface area (Å²) in [5.74, 6) is 0.729. The SMILES string of the molecule is CN1CCc2cc(Nc3ncc(C(=O)NC4CC4)c(Nc4ccnc(C(C)(C)C)c4)n3)ccc2C1(C)C. The maximum Gasteiger partial charge on any atom is 0.256 e. The second-order valence-corrected chi connectivity index (χ2v) is 11.7. The normalized spacial score (nSPS) is 17.1. The van der Waals surface area contributed by atoms with E-state index >= 15 is 0 Å². The van der Waals surface area contributed by atoms with E-state index in [4.69, 9.17) is 4.98 Å². The zero-order chi connectivity index (χ0) is 26.4. The molecular weight excluding hydrogens is 462 g/mol. The second kappa shape index (κ2) is 9.41. The molecule has 3 heterocycles. The van der Waals surface area contributed by atoms with Gasteiger partial charge in [-0.2, -0.15) is 4.98 Å². The van der Waals surface area contributed by atoms with Gasteiger partial charge >= 0.3 is 0 Å². The summed E-state index contributed by atoms with van der Waals surface area (Å²) in [6.07, 6.45) is 6.40. The molecule has 0 radical (unpaired) electrons. The van der Waals surface area contributed by atoms with Crippen LogP contribution in [0.5, 0.6) is 0 Å². The third kappa shape index (κ3) is 5.44. The van der Waals surface area contributed by atoms with E-state index < -0.39 is 0 Å². The summed E-state index contributed by atoms with van der Waals surface area (Å²) in [7, 11) is 2.17. The highest BCUT2D eigenvalue weighted by Gasteiger charge is 2.32. The van der Waals surface area contributed by atoms with E-state index in [9.17, 15) is 4.79 Å². The van der Waals surface area contributed by atoms with Gasteiger partial charge in [-0.3, -0.25) is 14.7 Å². The van der Waals surface area contributed by atoms with Crippen molar-refractivity contribution in [3.05, 3.63) is 65.1 Å². The monoisotopic (exact) mass is 499 g/mol. The predicted octanol–water partition coefficient (Wildman–Crippen LogP) is 5.27. The van der Waals surface area contributed by atoms with Crippen LogP contribution in [0.3, 0.4) is 0 Å². The molecule has 2 aromatic heterocycles. The van der Waals surface area contributed by atoms with Crippen LogP contribution in [0, 0.1) is 0 Å². The van der Waals surface area contributed by atoms with E-state index in [1.54, 1.807) is 12.4 Å². The number of nitrogens with one attached hydrogen (secondary N) is 3. The third-order valence-electron chi connectivity index (χ3n) is 7.43. The van der Waals surface area contributed by atoms with Gasteiger partial charge in [0, 0.05) is 53.0 Å². The summed E-state index contributed by atoms with van der Waals surface area (Å²) in [6.45, 7) is 11.9. The summed E-state index contributed by atoms with van der Waals surface area (Å²) in [4.78, 5) is 29.1. The summed E-state index contributed by atoms with van der Waals surface area (Å²) >= 11 is 0. The second-order valence-electron chi connectivity index (χ2n) is 11.7. The molecule has 2 aliphatic rings. The lowest BCUT2D eigenvalue weighted by atomic mass is 9.83. The maximum atomic E-state index is 13.0. The molecule has 0 atom stereocenters. The van der Waals surface area contributed by atoms with Crippen molar-refractivity contribution >= 4 is 29.0 Å². The first kappa shape index (κ1) is 25.1. The Morgan fingerprint density at radius 1 is 1.05 bits per heavy atom. The molecule has 194 valence electrons. The van der Waals surface area contributed by atoms with Crippen LogP contribution in [0.4, 0.5) is 23.1 Å². The summed E-state index contributed by atoms with van der Waals surface area (Å²) in [5, 5.41) is 9.76. The number of pyridine rings is 1. The smallest absolute Gasteiger partial charge is 0.256 e. The Balaban J connectivity index is 1.44. The molecule has 0 spiro atoms. The first-order valence-corrected chi connectivity index (χ1v) is 13.0. The number of carbonyl (C=O) groups excluding carboxylic acids is 1. The fourth-order valence-corrected chi connectivity index (χ4v) is 4.63. The van der Waals surface area contributed by atoms with Gasteiger partial charge in [0.15, 0.2) is 0 Å². The molecule has 3 N–H and O–H groups in total. The standard InChI is InChI=1S/C29H37N7O/c1-28(2,3)24-16-21(11-13-30-24)32-25-22(26(37)33-19-7-8-19)17-31-27(35-25)34-20-9-10-23-18(15-20)12-14-36(6)29(23,4)5/h9-11,13,15-17,19H,7-8,12,14H2,1-6H3,(H,33,37)(H2,30,31,32,34,35). The minimum absolute atomic E-state index is 0.00722. The van der Waals surface area contributed by atoms with Crippen molar-refractivity contribution in [3.63, 3.8) is 0 Å². The summed E-state index contributed by atoms with van der Waals surface area (Å²) < 4.78 is 0. The molecule has 3 aromatic rings. The molecule has 1 fully saturated rings.